The van der Waals surface area contributed by atoms with Gasteiger partial charge >= 0.3 is 0 Å². The number of aromatic nitrogens is 3. The van der Waals surface area contributed by atoms with E-state index in [9.17, 15) is 0 Å². The van der Waals surface area contributed by atoms with Crippen molar-refractivity contribution < 1.29 is 0 Å². The van der Waals surface area contributed by atoms with Gasteiger partial charge in [0.1, 0.15) is 5.82 Å². The molecule has 0 radical (unpaired) electrons. The number of hydrogen-bond acceptors (Lipinski definition) is 3. The Bertz CT molecular complexity index is 947. The van der Waals surface area contributed by atoms with Crippen molar-refractivity contribution in [3.63, 3.8) is 0 Å². The van der Waals surface area contributed by atoms with E-state index in [0.717, 1.165) is 35.0 Å². The smallest absolute Gasteiger partial charge is 0.157 e. The molecule has 5 heteroatoms. The van der Waals surface area contributed by atoms with Crippen LogP contribution in [0.25, 0.3) is 5.65 Å². The molecule has 4 rings (SSSR count). The third kappa shape index (κ3) is 3.62. The second-order valence-corrected chi connectivity index (χ2v) is 8.29. The van der Waals surface area contributed by atoms with E-state index in [4.69, 9.17) is 21.7 Å². The zero-order valence-corrected chi connectivity index (χ0v) is 17.8. The van der Waals surface area contributed by atoms with Crippen molar-refractivity contribution >= 4 is 23.1 Å². The third-order valence-electron chi connectivity index (χ3n) is 5.99. The van der Waals surface area contributed by atoms with Crippen LogP contribution in [0, 0.1) is 6.92 Å². The number of rotatable bonds is 5. The Hall–Kier alpha value is -2.07. The SMILES string of the molecule is CCC(c1ccc(Cl)cc1)c1cc2nc(C)cc(N3CCCCC3CC)n2n1. The first kappa shape index (κ1) is 19.3. The van der Waals surface area contributed by atoms with Gasteiger partial charge in [0, 0.05) is 41.4 Å². The summed E-state index contributed by atoms with van der Waals surface area (Å²) in [6.45, 7) is 7.68. The van der Waals surface area contributed by atoms with Crippen LogP contribution in [0.5, 0.6) is 0 Å². The average molecular weight is 397 g/mol. The number of anilines is 1. The number of nitrogens with zero attached hydrogens (tertiary/aromatic N) is 4. The Morgan fingerprint density at radius 1 is 1.14 bits per heavy atom. The van der Waals surface area contributed by atoms with Crippen molar-refractivity contribution in [3.8, 4) is 0 Å². The monoisotopic (exact) mass is 396 g/mol. The highest BCUT2D eigenvalue weighted by atomic mass is 35.5. The minimum absolute atomic E-state index is 0.246. The second kappa shape index (κ2) is 8.12. The molecule has 0 bridgehead atoms. The Balaban J connectivity index is 1.79. The summed E-state index contributed by atoms with van der Waals surface area (Å²) in [6, 6.07) is 13.1. The molecule has 28 heavy (non-hydrogen) atoms. The zero-order valence-electron chi connectivity index (χ0n) is 17.0. The summed E-state index contributed by atoms with van der Waals surface area (Å²) in [5.74, 6) is 1.43. The molecule has 0 N–H and O–H groups in total. The predicted molar refractivity (Wildman–Crippen MR) is 117 cm³/mol. The van der Waals surface area contributed by atoms with Crippen LogP contribution < -0.4 is 4.90 Å². The highest BCUT2D eigenvalue weighted by Crippen LogP contribution is 2.31. The first-order chi connectivity index (χ1) is 13.6. The maximum absolute atomic E-state index is 6.09. The van der Waals surface area contributed by atoms with Gasteiger partial charge in [0.25, 0.3) is 0 Å². The third-order valence-corrected chi connectivity index (χ3v) is 6.24. The Kier molecular flexibility index (Phi) is 5.58. The van der Waals surface area contributed by atoms with Gasteiger partial charge in [-0.3, -0.25) is 0 Å². The molecule has 148 valence electrons. The molecule has 1 saturated heterocycles. The van der Waals surface area contributed by atoms with Gasteiger partial charge < -0.3 is 4.90 Å². The maximum atomic E-state index is 6.09. The minimum Gasteiger partial charge on any atom is -0.353 e. The molecule has 0 aliphatic carbocycles. The fraction of sp³-hybridized carbons (Fsp3) is 0.478. The number of benzene rings is 1. The summed E-state index contributed by atoms with van der Waals surface area (Å²) >= 11 is 6.09. The number of piperidine rings is 1. The zero-order chi connectivity index (χ0) is 19.7. The Labute approximate surface area is 172 Å². The fourth-order valence-electron chi connectivity index (χ4n) is 4.51. The van der Waals surface area contributed by atoms with Crippen LogP contribution in [0.1, 0.15) is 68.8 Å². The van der Waals surface area contributed by atoms with E-state index in [-0.39, 0.29) is 5.92 Å². The number of halogens is 1. The second-order valence-electron chi connectivity index (χ2n) is 7.86. The van der Waals surface area contributed by atoms with Crippen LogP contribution >= 0.6 is 11.6 Å². The summed E-state index contributed by atoms with van der Waals surface area (Å²) in [4.78, 5) is 7.33. The van der Waals surface area contributed by atoms with Crippen LogP contribution in [0.2, 0.25) is 5.02 Å². The maximum Gasteiger partial charge on any atom is 0.157 e. The van der Waals surface area contributed by atoms with Crippen molar-refractivity contribution in [2.45, 2.75) is 64.8 Å². The lowest BCUT2D eigenvalue weighted by Crippen LogP contribution is -2.40. The molecule has 2 aromatic heterocycles. The van der Waals surface area contributed by atoms with Gasteiger partial charge in [-0.2, -0.15) is 9.61 Å². The molecule has 2 atom stereocenters. The molecule has 1 aromatic carbocycles. The topological polar surface area (TPSA) is 33.4 Å². The van der Waals surface area contributed by atoms with E-state index in [1.807, 2.05) is 12.1 Å². The summed E-state index contributed by atoms with van der Waals surface area (Å²) in [5.41, 5.74) is 4.32. The molecule has 1 aliphatic heterocycles. The average Bonchev–Trinajstić information content (AvgIpc) is 3.12. The van der Waals surface area contributed by atoms with E-state index in [1.54, 1.807) is 0 Å². The molecule has 0 amide bonds. The summed E-state index contributed by atoms with van der Waals surface area (Å²) in [6.07, 6.45) is 5.98. The number of aryl methyl sites for hydroxylation is 1. The van der Waals surface area contributed by atoms with Crippen LogP contribution in [0.15, 0.2) is 36.4 Å². The molecule has 1 fully saturated rings. The van der Waals surface area contributed by atoms with Gasteiger partial charge in [-0.15, -0.1) is 0 Å². The molecule has 3 heterocycles. The lowest BCUT2D eigenvalue weighted by Gasteiger charge is -2.37. The van der Waals surface area contributed by atoms with Gasteiger partial charge in [0.15, 0.2) is 5.65 Å². The molecule has 4 nitrogen and oxygen atoms in total. The molecular weight excluding hydrogens is 368 g/mol. The van der Waals surface area contributed by atoms with Gasteiger partial charge in [0.2, 0.25) is 0 Å². The highest BCUT2D eigenvalue weighted by Gasteiger charge is 2.25. The van der Waals surface area contributed by atoms with E-state index in [1.165, 1.54) is 37.1 Å². The summed E-state index contributed by atoms with van der Waals surface area (Å²) in [5, 5.41) is 5.81. The normalized spacial score (nSPS) is 18.6. The van der Waals surface area contributed by atoms with Crippen LogP contribution in [0.3, 0.4) is 0 Å². The van der Waals surface area contributed by atoms with E-state index in [0.29, 0.717) is 6.04 Å². The van der Waals surface area contributed by atoms with Crippen molar-refractivity contribution in [2.75, 3.05) is 11.4 Å². The van der Waals surface area contributed by atoms with E-state index < -0.39 is 0 Å². The Morgan fingerprint density at radius 3 is 2.64 bits per heavy atom. The molecule has 0 saturated carbocycles. The van der Waals surface area contributed by atoms with Crippen molar-refractivity contribution in [1.82, 2.24) is 14.6 Å². The van der Waals surface area contributed by atoms with Crippen LogP contribution in [0.4, 0.5) is 5.82 Å². The molecular formula is C23H29ClN4. The molecule has 1 aliphatic rings. The van der Waals surface area contributed by atoms with E-state index >= 15 is 0 Å². The number of hydrogen-bond donors (Lipinski definition) is 0. The van der Waals surface area contributed by atoms with Gasteiger partial charge in [-0.1, -0.05) is 37.6 Å². The van der Waals surface area contributed by atoms with Crippen LogP contribution in [-0.2, 0) is 0 Å². The fourth-order valence-corrected chi connectivity index (χ4v) is 4.64. The summed E-state index contributed by atoms with van der Waals surface area (Å²) in [7, 11) is 0. The van der Waals surface area contributed by atoms with E-state index in [2.05, 4.69) is 54.5 Å². The molecule has 3 aromatic rings. The molecule has 2 unspecified atom stereocenters. The summed E-state index contributed by atoms with van der Waals surface area (Å²) < 4.78 is 2.06. The largest absolute Gasteiger partial charge is 0.353 e. The first-order valence-corrected chi connectivity index (χ1v) is 10.9. The molecule has 0 spiro atoms. The lowest BCUT2D eigenvalue weighted by atomic mass is 9.93. The van der Waals surface area contributed by atoms with Crippen molar-refractivity contribution in [3.05, 3.63) is 58.4 Å². The van der Waals surface area contributed by atoms with Crippen LogP contribution in [-0.4, -0.2) is 27.2 Å². The van der Waals surface area contributed by atoms with Gasteiger partial charge in [-0.05, 0) is 56.7 Å². The minimum atomic E-state index is 0.246. The predicted octanol–water partition coefficient (Wildman–Crippen LogP) is 6.00. The number of fused-ring (bicyclic) bond motifs is 1. The standard InChI is InChI=1S/C23H29ClN4/c1-4-19-8-6-7-13-27(19)23-14-16(3)25-22-15-21(26-28(22)23)20(5-2)17-9-11-18(24)12-10-17/h9-12,14-15,19-20H,4-8,13H2,1-3H3. The van der Waals surface area contributed by atoms with Crippen molar-refractivity contribution in [2.24, 2.45) is 0 Å². The van der Waals surface area contributed by atoms with Gasteiger partial charge in [0.05, 0.1) is 5.69 Å². The lowest BCUT2D eigenvalue weighted by molar-refractivity contribution is 0.443. The van der Waals surface area contributed by atoms with Gasteiger partial charge in [-0.25, -0.2) is 4.98 Å². The first-order valence-electron chi connectivity index (χ1n) is 10.5. The highest BCUT2D eigenvalue weighted by molar-refractivity contribution is 6.30. The quantitative estimate of drug-likeness (QED) is 0.530. The Morgan fingerprint density at radius 2 is 1.93 bits per heavy atom. The van der Waals surface area contributed by atoms with Crippen molar-refractivity contribution in [1.29, 1.82) is 0 Å².